The van der Waals surface area contributed by atoms with Crippen molar-refractivity contribution in [3.63, 3.8) is 0 Å². The average molecular weight is 247 g/mol. The summed E-state index contributed by atoms with van der Waals surface area (Å²) in [7, 11) is 0. The summed E-state index contributed by atoms with van der Waals surface area (Å²) in [6, 6.07) is 0. The van der Waals surface area contributed by atoms with Gasteiger partial charge in [0.1, 0.15) is 0 Å². The van der Waals surface area contributed by atoms with E-state index in [0.29, 0.717) is 0 Å². The Hall–Kier alpha value is -0.610. The zero-order chi connectivity index (χ0) is 13.5. The topological polar surface area (TPSA) is 49.8 Å². The van der Waals surface area contributed by atoms with Gasteiger partial charge in [0, 0.05) is 13.1 Å². The molecule has 1 N–H and O–H groups in total. The molecule has 0 aromatic rings. The molecule has 104 valence electrons. The van der Waals surface area contributed by atoms with Crippen molar-refractivity contribution in [3.8, 4) is 0 Å². The summed E-state index contributed by atoms with van der Waals surface area (Å²) in [5.41, 5.74) is 0. The fraction of sp³-hybridized carbons (Fsp3) is 0.923. The first-order chi connectivity index (χ1) is 8.20. The largest absolute Gasteiger partial charge is 0.483 e. The van der Waals surface area contributed by atoms with E-state index in [4.69, 9.17) is 14.6 Å². The maximum atomic E-state index is 8.36. The lowest BCUT2D eigenvalue weighted by molar-refractivity contribution is -0.122. The molecule has 4 nitrogen and oxygen atoms in total. The van der Waals surface area contributed by atoms with E-state index >= 15 is 0 Å². The van der Waals surface area contributed by atoms with Gasteiger partial charge in [-0.05, 0) is 25.3 Å². The van der Waals surface area contributed by atoms with Crippen LogP contribution in [0.5, 0.6) is 0 Å². The number of morpholine rings is 1. The van der Waals surface area contributed by atoms with Gasteiger partial charge in [-0.15, -0.1) is 0 Å². The lowest BCUT2D eigenvalue weighted by Gasteiger charge is -2.26. The molecule has 17 heavy (non-hydrogen) atoms. The minimum atomic E-state index is -0.250. The van der Waals surface area contributed by atoms with Crippen molar-refractivity contribution in [2.24, 2.45) is 5.92 Å². The zero-order valence-corrected chi connectivity index (χ0v) is 11.8. The predicted octanol–water partition coefficient (Wildman–Crippen LogP) is 2.48. The van der Waals surface area contributed by atoms with Crippen LogP contribution in [0, 0.1) is 5.92 Å². The predicted molar refractivity (Wildman–Crippen MR) is 71.4 cm³/mol. The molecule has 1 heterocycles. The van der Waals surface area contributed by atoms with Gasteiger partial charge in [0.05, 0.1) is 13.2 Å². The van der Waals surface area contributed by atoms with Crippen molar-refractivity contribution in [1.82, 2.24) is 4.90 Å². The third-order valence-corrected chi connectivity index (χ3v) is 2.36. The number of hydrogen-bond donors (Lipinski definition) is 1. The summed E-state index contributed by atoms with van der Waals surface area (Å²) in [6.07, 6.45) is 2.70. The highest BCUT2D eigenvalue weighted by Crippen LogP contribution is 2.05. The summed E-state index contributed by atoms with van der Waals surface area (Å²) in [5, 5.41) is 6.89. The summed E-state index contributed by atoms with van der Waals surface area (Å²) in [5.74, 6) is 0.853. The van der Waals surface area contributed by atoms with E-state index in [1.165, 1.54) is 19.4 Å². The van der Waals surface area contributed by atoms with Crippen LogP contribution < -0.4 is 0 Å². The van der Waals surface area contributed by atoms with Gasteiger partial charge in [-0.2, -0.15) is 0 Å². The molecule has 1 aliphatic heterocycles. The molecule has 0 bridgehead atoms. The molecule has 0 aromatic carbocycles. The number of hydrogen-bond acceptors (Lipinski definition) is 3. The van der Waals surface area contributed by atoms with E-state index in [1.807, 2.05) is 13.8 Å². The second-order valence-electron chi connectivity index (χ2n) is 4.10. The lowest BCUT2D eigenvalue weighted by atomic mass is 10.1. The van der Waals surface area contributed by atoms with Gasteiger partial charge >= 0.3 is 0 Å². The van der Waals surface area contributed by atoms with E-state index < -0.39 is 0 Å². The first-order valence-electron chi connectivity index (χ1n) is 6.58. The SMILES string of the molecule is CC.CC(C)CCCN1CCOCC1.O=CO. The highest BCUT2D eigenvalue weighted by atomic mass is 16.5. The first kappa shape index (κ1) is 18.7. The fourth-order valence-corrected chi connectivity index (χ4v) is 1.55. The van der Waals surface area contributed by atoms with E-state index in [0.717, 1.165) is 32.2 Å². The molecule has 1 fully saturated rings. The van der Waals surface area contributed by atoms with Crippen LogP contribution in [0.1, 0.15) is 40.5 Å². The van der Waals surface area contributed by atoms with Crippen LogP contribution >= 0.6 is 0 Å². The van der Waals surface area contributed by atoms with Crippen LogP contribution in [-0.2, 0) is 9.53 Å². The maximum Gasteiger partial charge on any atom is 0.290 e. The smallest absolute Gasteiger partial charge is 0.290 e. The highest BCUT2D eigenvalue weighted by Gasteiger charge is 2.09. The quantitative estimate of drug-likeness (QED) is 0.775. The standard InChI is InChI=1S/C10H21NO.C2H6.CH2O2/c1-10(2)4-3-5-11-6-8-12-9-7-11;1-2;2-1-3/h10H,3-9H2,1-2H3;1-2H3;1H,(H,2,3). The molecular weight excluding hydrogens is 218 g/mol. The maximum absolute atomic E-state index is 8.36. The average Bonchev–Trinajstić information content (AvgIpc) is 2.33. The molecule has 0 radical (unpaired) electrons. The van der Waals surface area contributed by atoms with Gasteiger partial charge in [0.15, 0.2) is 0 Å². The Kier molecular flexibility index (Phi) is 17.0. The molecule has 1 saturated heterocycles. The minimum absolute atomic E-state index is 0.250. The van der Waals surface area contributed by atoms with Gasteiger partial charge in [-0.1, -0.05) is 27.7 Å². The second-order valence-corrected chi connectivity index (χ2v) is 4.10. The molecule has 0 saturated carbocycles. The van der Waals surface area contributed by atoms with Gasteiger partial charge in [0.2, 0.25) is 0 Å². The Bertz CT molecular complexity index is 146. The van der Waals surface area contributed by atoms with Crippen LogP contribution in [0.3, 0.4) is 0 Å². The molecule has 0 amide bonds. The van der Waals surface area contributed by atoms with Crippen LogP contribution in [0.15, 0.2) is 0 Å². The van der Waals surface area contributed by atoms with Crippen molar-refractivity contribution in [2.45, 2.75) is 40.5 Å². The summed E-state index contributed by atoms with van der Waals surface area (Å²) in [4.78, 5) is 10.9. The Morgan fingerprint density at radius 3 is 2.18 bits per heavy atom. The first-order valence-corrected chi connectivity index (χ1v) is 6.58. The summed E-state index contributed by atoms with van der Waals surface area (Å²) in [6.45, 7) is 13.7. The van der Waals surface area contributed by atoms with Gasteiger partial charge in [-0.25, -0.2) is 0 Å². The van der Waals surface area contributed by atoms with Gasteiger partial charge in [0.25, 0.3) is 6.47 Å². The normalized spacial score (nSPS) is 15.4. The molecule has 1 aliphatic rings. The fourth-order valence-electron chi connectivity index (χ4n) is 1.55. The van der Waals surface area contributed by atoms with Crippen LogP contribution in [-0.4, -0.2) is 49.3 Å². The van der Waals surface area contributed by atoms with Crippen molar-refractivity contribution < 1.29 is 14.6 Å². The van der Waals surface area contributed by atoms with E-state index in [9.17, 15) is 0 Å². The van der Waals surface area contributed by atoms with Gasteiger partial charge < -0.3 is 9.84 Å². The molecule has 0 atom stereocenters. The Labute approximate surface area is 106 Å². The zero-order valence-electron chi connectivity index (χ0n) is 11.8. The van der Waals surface area contributed by atoms with Crippen LogP contribution in [0.25, 0.3) is 0 Å². The Balaban J connectivity index is 0. The van der Waals surface area contributed by atoms with E-state index in [-0.39, 0.29) is 6.47 Å². The number of nitrogens with zero attached hydrogens (tertiary/aromatic N) is 1. The van der Waals surface area contributed by atoms with Crippen LogP contribution in [0.2, 0.25) is 0 Å². The van der Waals surface area contributed by atoms with Crippen molar-refractivity contribution in [2.75, 3.05) is 32.8 Å². The molecular formula is C13H29NO3. The number of ether oxygens (including phenoxy) is 1. The molecule has 1 rings (SSSR count). The van der Waals surface area contributed by atoms with E-state index in [2.05, 4.69) is 18.7 Å². The van der Waals surface area contributed by atoms with Crippen molar-refractivity contribution in [3.05, 3.63) is 0 Å². The highest BCUT2D eigenvalue weighted by molar-refractivity contribution is 5.32. The monoisotopic (exact) mass is 247 g/mol. The second kappa shape index (κ2) is 15.4. The lowest BCUT2D eigenvalue weighted by Crippen LogP contribution is -2.36. The van der Waals surface area contributed by atoms with Crippen LogP contribution in [0.4, 0.5) is 0 Å². The third kappa shape index (κ3) is 15.4. The molecule has 0 aromatic heterocycles. The van der Waals surface area contributed by atoms with E-state index in [1.54, 1.807) is 0 Å². The number of carbonyl (C=O) groups is 1. The van der Waals surface area contributed by atoms with Crippen molar-refractivity contribution >= 4 is 6.47 Å². The third-order valence-electron chi connectivity index (χ3n) is 2.36. The minimum Gasteiger partial charge on any atom is -0.483 e. The van der Waals surface area contributed by atoms with Crippen molar-refractivity contribution in [1.29, 1.82) is 0 Å². The number of carboxylic acid groups (broad SMARTS) is 1. The Morgan fingerprint density at radius 2 is 1.76 bits per heavy atom. The van der Waals surface area contributed by atoms with Gasteiger partial charge in [-0.3, -0.25) is 9.69 Å². The molecule has 4 heteroatoms. The number of rotatable bonds is 4. The molecule has 0 unspecified atom stereocenters. The molecule has 0 spiro atoms. The Morgan fingerprint density at radius 1 is 1.29 bits per heavy atom. The summed E-state index contributed by atoms with van der Waals surface area (Å²) >= 11 is 0. The molecule has 0 aliphatic carbocycles. The summed E-state index contributed by atoms with van der Waals surface area (Å²) < 4.78 is 5.29.